The summed E-state index contributed by atoms with van der Waals surface area (Å²) in [6, 6.07) is 10.2. The van der Waals surface area contributed by atoms with Crippen molar-refractivity contribution in [1.82, 2.24) is 4.98 Å². The summed E-state index contributed by atoms with van der Waals surface area (Å²) in [5, 5.41) is 9.23. The summed E-state index contributed by atoms with van der Waals surface area (Å²) in [5.74, 6) is -0.868. The van der Waals surface area contributed by atoms with Crippen molar-refractivity contribution in [2.24, 2.45) is 0 Å². The minimum Gasteiger partial charge on any atom is -0.481 e. The molecule has 2 aromatic rings. The zero-order chi connectivity index (χ0) is 15.2. The Labute approximate surface area is 124 Å². The highest BCUT2D eigenvalue weighted by Gasteiger charge is 2.32. The fourth-order valence-corrected chi connectivity index (χ4v) is 3.02. The quantitative estimate of drug-likeness (QED) is 0.906. The number of pyridine rings is 1. The maximum Gasteiger partial charge on any atom is 0.304 e. The molecule has 3 nitrogen and oxygen atoms in total. The second kappa shape index (κ2) is 4.69. The summed E-state index contributed by atoms with van der Waals surface area (Å²) < 4.78 is 0. The Morgan fingerprint density at radius 2 is 2.00 bits per heavy atom. The molecule has 0 amide bonds. The number of carboxylic acids is 1. The number of nitrogens with zero attached hydrogens (tertiary/aromatic N) is 1. The number of benzene rings is 1. The maximum absolute atomic E-state index is 11.2. The summed E-state index contributed by atoms with van der Waals surface area (Å²) >= 11 is 0. The van der Waals surface area contributed by atoms with Gasteiger partial charge in [0, 0.05) is 17.7 Å². The molecule has 21 heavy (non-hydrogen) atoms. The molecule has 0 bridgehead atoms. The van der Waals surface area contributed by atoms with Gasteiger partial charge in [-0.1, -0.05) is 45.0 Å². The molecule has 1 aromatic carbocycles. The molecular formula is C18H19NO2. The highest BCUT2D eigenvalue weighted by Crippen LogP contribution is 2.46. The fourth-order valence-electron chi connectivity index (χ4n) is 3.02. The van der Waals surface area contributed by atoms with Crippen molar-refractivity contribution in [3.05, 3.63) is 53.2 Å². The molecule has 0 saturated carbocycles. The summed E-state index contributed by atoms with van der Waals surface area (Å²) in [6.07, 6.45) is 1.88. The van der Waals surface area contributed by atoms with Crippen LogP contribution in [0.1, 0.15) is 49.8 Å². The molecule has 0 saturated heterocycles. The minimum atomic E-state index is -0.774. The van der Waals surface area contributed by atoms with Crippen molar-refractivity contribution < 1.29 is 9.90 Å². The number of carbonyl (C=O) groups is 1. The van der Waals surface area contributed by atoms with Gasteiger partial charge in [-0.2, -0.15) is 0 Å². The van der Waals surface area contributed by atoms with Gasteiger partial charge in [0.25, 0.3) is 0 Å². The molecule has 0 fully saturated rings. The lowest BCUT2D eigenvalue weighted by atomic mass is 9.83. The van der Waals surface area contributed by atoms with Crippen LogP contribution in [0.5, 0.6) is 0 Å². The van der Waals surface area contributed by atoms with Crippen LogP contribution in [0.2, 0.25) is 0 Å². The molecular weight excluding hydrogens is 262 g/mol. The van der Waals surface area contributed by atoms with Crippen LogP contribution in [0, 0.1) is 0 Å². The van der Waals surface area contributed by atoms with Crippen molar-refractivity contribution in [1.29, 1.82) is 0 Å². The van der Waals surface area contributed by atoms with Gasteiger partial charge in [-0.05, 0) is 28.2 Å². The Balaban J connectivity index is 2.18. The number of hydrogen-bond donors (Lipinski definition) is 1. The first-order chi connectivity index (χ1) is 9.88. The van der Waals surface area contributed by atoms with E-state index < -0.39 is 5.97 Å². The average molecular weight is 281 g/mol. The van der Waals surface area contributed by atoms with Crippen molar-refractivity contribution >= 4 is 5.97 Å². The second-order valence-electron chi connectivity index (χ2n) is 6.64. The van der Waals surface area contributed by atoms with Crippen LogP contribution in [0.4, 0.5) is 0 Å². The predicted molar refractivity (Wildman–Crippen MR) is 82.5 cm³/mol. The fraction of sp³-hybridized carbons (Fsp3) is 0.333. The molecule has 0 radical (unpaired) electrons. The van der Waals surface area contributed by atoms with Gasteiger partial charge in [-0.3, -0.25) is 9.78 Å². The van der Waals surface area contributed by atoms with E-state index in [0.717, 1.165) is 22.4 Å². The van der Waals surface area contributed by atoms with Gasteiger partial charge in [0.2, 0.25) is 0 Å². The maximum atomic E-state index is 11.2. The molecule has 1 aromatic heterocycles. The van der Waals surface area contributed by atoms with Gasteiger partial charge < -0.3 is 5.11 Å². The predicted octanol–water partition coefficient (Wildman–Crippen LogP) is 3.97. The van der Waals surface area contributed by atoms with Crippen LogP contribution in [-0.4, -0.2) is 16.1 Å². The third-order valence-electron chi connectivity index (χ3n) is 4.14. The van der Waals surface area contributed by atoms with Crippen molar-refractivity contribution in [2.45, 2.75) is 38.5 Å². The first-order valence-electron chi connectivity index (χ1n) is 7.19. The highest BCUT2D eigenvalue weighted by atomic mass is 16.4. The van der Waals surface area contributed by atoms with Gasteiger partial charge in [-0.15, -0.1) is 0 Å². The normalized spacial score (nSPS) is 16.4. The molecule has 1 atom stereocenters. The molecule has 1 N–H and O–H groups in total. The van der Waals surface area contributed by atoms with Crippen LogP contribution in [-0.2, 0) is 10.2 Å². The zero-order valence-corrected chi connectivity index (χ0v) is 12.6. The monoisotopic (exact) mass is 281 g/mol. The number of rotatable bonds is 2. The topological polar surface area (TPSA) is 50.2 Å². The van der Waals surface area contributed by atoms with E-state index in [0.29, 0.717) is 0 Å². The lowest BCUT2D eigenvalue weighted by Crippen LogP contribution is -2.12. The largest absolute Gasteiger partial charge is 0.481 e. The number of carboxylic acid groups (broad SMARTS) is 1. The Morgan fingerprint density at radius 3 is 2.67 bits per heavy atom. The van der Waals surface area contributed by atoms with E-state index in [9.17, 15) is 9.90 Å². The van der Waals surface area contributed by atoms with Gasteiger partial charge in [0.1, 0.15) is 0 Å². The molecule has 1 aliphatic rings. The molecule has 1 heterocycles. The van der Waals surface area contributed by atoms with E-state index in [-0.39, 0.29) is 17.8 Å². The zero-order valence-electron chi connectivity index (χ0n) is 12.6. The molecule has 108 valence electrons. The first kappa shape index (κ1) is 13.8. The SMILES string of the molecule is CC(C)(C)c1ccc2c(c1)C(CC(=O)O)c1cccnc1-2. The number of aromatic nitrogens is 1. The number of hydrogen-bond acceptors (Lipinski definition) is 2. The Hall–Kier alpha value is -2.16. The lowest BCUT2D eigenvalue weighted by molar-refractivity contribution is -0.137. The van der Waals surface area contributed by atoms with Crippen molar-refractivity contribution in [3.63, 3.8) is 0 Å². The van der Waals surface area contributed by atoms with Gasteiger partial charge >= 0.3 is 5.97 Å². The molecule has 0 aliphatic heterocycles. The van der Waals surface area contributed by atoms with Crippen LogP contribution in [0.15, 0.2) is 36.5 Å². The second-order valence-corrected chi connectivity index (χ2v) is 6.64. The highest BCUT2D eigenvalue weighted by molar-refractivity contribution is 5.79. The van der Waals surface area contributed by atoms with E-state index in [1.54, 1.807) is 6.20 Å². The van der Waals surface area contributed by atoms with E-state index in [1.165, 1.54) is 5.56 Å². The van der Waals surface area contributed by atoms with E-state index in [2.05, 4.69) is 44.0 Å². The van der Waals surface area contributed by atoms with Crippen LogP contribution >= 0.6 is 0 Å². The van der Waals surface area contributed by atoms with Gasteiger partial charge in [0.05, 0.1) is 12.1 Å². The average Bonchev–Trinajstić information content (AvgIpc) is 2.72. The Bertz CT molecular complexity index is 713. The standard InChI is InChI=1S/C18H19NO2/c1-18(2,3)11-6-7-13-14(9-11)15(10-16(20)21)12-5-4-8-19-17(12)13/h4-9,15H,10H2,1-3H3,(H,20,21). The first-order valence-corrected chi connectivity index (χ1v) is 7.19. The Morgan fingerprint density at radius 1 is 1.24 bits per heavy atom. The summed E-state index contributed by atoms with van der Waals surface area (Å²) in [7, 11) is 0. The summed E-state index contributed by atoms with van der Waals surface area (Å²) in [6.45, 7) is 6.50. The van der Waals surface area contributed by atoms with Crippen molar-refractivity contribution in [2.75, 3.05) is 0 Å². The molecule has 3 heteroatoms. The third kappa shape index (κ3) is 2.33. The molecule has 1 unspecified atom stereocenters. The molecule has 1 aliphatic carbocycles. The van der Waals surface area contributed by atoms with Gasteiger partial charge in [0.15, 0.2) is 0 Å². The van der Waals surface area contributed by atoms with Crippen molar-refractivity contribution in [3.8, 4) is 11.3 Å². The lowest BCUT2D eigenvalue weighted by Gasteiger charge is -2.21. The van der Waals surface area contributed by atoms with Crippen LogP contribution in [0.3, 0.4) is 0 Å². The van der Waals surface area contributed by atoms with E-state index >= 15 is 0 Å². The minimum absolute atomic E-state index is 0.0466. The van der Waals surface area contributed by atoms with Crippen LogP contribution in [0.25, 0.3) is 11.3 Å². The number of fused-ring (bicyclic) bond motifs is 3. The smallest absolute Gasteiger partial charge is 0.304 e. The van der Waals surface area contributed by atoms with Gasteiger partial charge in [-0.25, -0.2) is 0 Å². The third-order valence-corrected chi connectivity index (χ3v) is 4.14. The molecule has 0 spiro atoms. The number of aliphatic carboxylic acids is 1. The van der Waals surface area contributed by atoms with E-state index in [4.69, 9.17) is 0 Å². The van der Waals surface area contributed by atoms with Crippen LogP contribution < -0.4 is 0 Å². The summed E-state index contributed by atoms with van der Waals surface area (Å²) in [5.41, 5.74) is 5.40. The summed E-state index contributed by atoms with van der Waals surface area (Å²) in [4.78, 5) is 15.7. The Kier molecular flexibility index (Phi) is 3.08. The van der Waals surface area contributed by atoms with E-state index in [1.807, 2.05) is 12.1 Å². The molecule has 3 rings (SSSR count).